The molecule has 3 aromatic rings. The van der Waals surface area contributed by atoms with Gasteiger partial charge >= 0.3 is 0 Å². The van der Waals surface area contributed by atoms with E-state index >= 15 is 0 Å². The molecule has 0 N–H and O–H groups in total. The zero-order valence-corrected chi connectivity index (χ0v) is 13.9. The van der Waals surface area contributed by atoms with Crippen LogP contribution >= 0.6 is 0 Å². The van der Waals surface area contributed by atoms with E-state index in [1.165, 1.54) is 0 Å². The maximum atomic E-state index is 5.69. The van der Waals surface area contributed by atoms with Crippen molar-refractivity contribution < 1.29 is 4.42 Å². The first-order chi connectivity index (χ1) is 11.2. The van der Waals surface area contributed by atoms with Gasteiger partial charge in [0.2, 0.25) is 0 Å². The van der Waals surface area contributed by atoms with Crippen LogP contribution in [0.25, 0.3) is 11.6 Å². The second-order valence-electron chi connectivity index (χ2n) is 5.52. The summed E-state index contributed by atoms with van der Waals surface area (Å²) in [5.41, 5.74) is 0. The minimum Gasteiger partial charge on any atom is -0.468 e. The molecule has 0 aliphatic heterocycles. The summed E-state index contributed by atoms with van der Waals surface area (Å²) in [6.07, 6.45) is 9.29. The quantitative estimate of drug-likeness (QED) is 0.673. The van der Waals surface area contributed by atoms with Gasteiger partial charge in [0.1, 0.15) is 5.76 Å². The number of furan rings is 1. The van der Waals surface area contributed by atoms with Crippen LogP contribution in [0.1, 0.15) is 25.6 Å². The first kappa shape index (κ1) is 15.6. The molecule has 1 unspecified atom stereocenters. The number of nitrogens with zero attached hydrogens (tertiary/aromatic N) is 5. The van der Waals surface area contributed by atoms with Gasteiger partial charge in [-0.3, -0.25) is 4.90 Å². The van der Waals surface area contributed by atoms with E-state index in [9.17, 15) is 0 Å². The molecule has 0 saturated heterocycles. The fraction of sp³-hybridized carbons (Fsp3) is 0.412. The van der Waals surface area contributed by atoms with Crippen molar-refractivity contribution in [2.75, 3.05) is 13.1 Å². The van der Waals surface area contributed by atoms with E-state index in [1.807, 2.05) is 42.3 Å². The second-order valence-corrected chi connectivity index (χ2v) is 5.52. The predicted octanol–water partition coefficient (Wildman–Crippen LogP) is 2.96. The maximum absolute atomic E-state index is 5.69. The van der Waals surface area contributed by atoms with Crippen LogP contribution in [0, 0.1) is 0 Å². The normalized spacial score (nSPS) is 12.9. The lowest BCUT2D eigenvalue weighted by Crippen LogP contribution is -2.31. The third kappa shape index (κ3) is 3.07. The summed E-state index contributed by atoms with van der Waals surface area (Å²) in [6.45, 7) is 7.06. The largest absolute Gasteiger partial charge is 0.468 e. The molecule has 0 aliphatic carbocycles. The van der Waals surface area contributed by atoms with Crippen LogP contribution in [0.4, 0.5) is 0 Å². The smallest absolute Gasteiger partial charge is 0.176 e. The molecule has 3 heterocycles. The summed E-state index contributed by atoms with van der Waals surface area (Å²) in [7, 11) is 1.98. The van der Waals surface area contributed by atoms with E-state index in [0.29, 0.717) is 0 Å². The molecule has 6 nitrogen and oxygen atoms in total. The van der Waals surface area contributed by atoms with E-state index in [1.54, 1.807) is 12.5 Å². The van der Waals surface area contributed by atoms with Crippen LogP contribution in [0.2, 0.25) is 0 Å². The molecule has 6 heteroatoms. The third-order valence-electron chi connectivity index (χ3n) is 4.23. The Hall–Kier alpha value is -2.34. The Balaban J connectivity index is 1.93. The van der Waals surface area contributed by atoms with Crippen molar-refractivity contribution in [3.05, 3.63) is 48.9 Å². The number of hydrogen-bond acceptors (Lipinski definition) is 4. The standard InChI is InChI=1S/C17H23N5O/c1-4-21(5-2)14(15-7-6-12-23-15)13-22-11-9-19-17(22)16-18-8-10-20(16)3/h6-12,14H,4-5,13H2,1-3H3. The van der Waals surface area contributed by atoms with Crippen LogP contribution in [-0.2, 0) is 13.6 Å². The van der Waals surface area contributed by atoms with E-state index in [-0.39, 0.29) is 6.04 Å². The summed E-state index contributed by atoms with van der Waals surface area (Å²) in [6, 6.07) is 4.16. The van der Waals surface area contributed by atoms with Gasteiger partial charge in [0, 0.05) is 38.4 Å². The van der Waals surface area contributed by atoms with Crippen molar-refractivity contribution in [3.8, 4) is 11.6 Å². The minimum absolute atomic E-state index is 0.174. The summed E-state index contributed by atoms with van der Waals surface area (Å²) in [5, 5.41) is 0. The van der Waals surface area contributed by atoms with Gasteiger partial charge in [-0.25, -0.2) is 9.97 Å². The lowest BCUT2D eigenvalue weighted by molar-refractivity contribution is 0.174. The average molecular weight is 313 g/mol. The van der Waals surface area contributed by atoms with Crippen LogP contribution < -0.4 is 0 Å². The highest BCUT2D eigenvalue weighted by Crippen LogP contribution is 2.25. The fourth-order valence-corrected chi connectivity index (χ4v) is 2.96. The lowest BCUT2D eigenvalue weighted by atomic mass is 10.2. The van der Waals surface area contributed by atoms with Gasteiger partial charge in [-0.1, -0.05) is 13.8 Å². The molecule has 0 spiro atoms. The summed E-state index contributed by atoms with van der Waals surface area (Å²) in [5.74, 6) is 2.72. The summed E-state index contributed by atoms with van der Waals surface area (Å²) >= 11 is 0. The van der Waals surface area contributed by atoms with E-state index < -0.39 is 0 Å². The minimum atomic E-state index is 0.174. The van der Waals surface area contributed by atoms with Gasteiger partial charge in [-0.15, -0.1) is 0 Å². The molecule has 122 valence electrons. The fourth-order valence-electron chi connectivity index (χ4n) is 2.96. The van der Waals surface area contributed by atoms with Gasteiger partial charge < -0.3 is 13.6 Å². The molecular formula is C17H23N5O. The molecule has 0 aromatic carbocycles. The van der Waals surface area contributed by atoms with Crippen molar-refractivity contribution in [3.63, 3.8) is 0 Å². The van der Waals surface area contributed by atoms with Crippen LogP contribution in [0.15, 0.2) is 47.6 Å². The first-order valence-electron chi connectivity index (χ1n) is 8.00. The number of hydrogen-bond donors (Lipinski definition) is 0. The molecule has 0 bridgehead atoms. The summed E-state index contributed by atoms with van der Waals surface area (Å²) in [4.78, 5) is 11.3. The van der Waals surface area contributed by atoms with Crippen molar-refractivity contribution in [1.29, 1.82) is 0 Å². The molecular weight excluding hydrogens is 290 g/mol. The molecule has 0 aliphatic rings. The zero-order valence-electron chi connectivity index (χ0n) is 13.9. The Bertz CT molecular complexity index is 724. The Morgan fingerprint density at radius 3 is 2.48 bits per heavy atom. The number of aryl methyl sites for hydroxylation is 1. The molecule has 0 amide bonds. The van der Waals surface area contributed by atoms with Crippen molar-refractivity contribution in [2.45, 2.75) is 26.4 Å². The number of aromatic nitrogens is 4. The van der Waals surface area contributed by atoms with Crippen molar-refractivity contribution in [2.24, 2.45) is 7.05 Å². The molecule has 0 fully saturated rings. The Morgan fingerprint density at radius 1 is 1.13 bits per heavy atom. The number of rotatable bonds is 7. The number of imidazole rings is 2. The Morgan fingerprint density at radius 2 is 1.87 bits per heavy atom. The van der Waals surface area contributed by atoms with Crippen molar-refractivity contribution in [1.82, 2.24) is 24.0 Å². The highest BCUT2D eigenvalue weighted by Gasteiger charge is 2.23. The van der Waals surface area contributed by atoms with E-state index in [2.05, 4.69) is 33.3 Å². The monoisotopic (exact) mass is 313 g/mol. The van der Waals surface area contributed by atoms with Crippen LogP contribution in [0.5, 0.6) is 0 Å². The molecule has 3 rings (SSSR count). The summed E-state index contributed by atoms with van der Waals surface area (Å²) < 4.78 is 9.82. The maximum Gasteiger partial charge on any atom is 0.176 e. The van der Waals surface area contributed by atoms with Gasteiger partial charge in [-0.05, 0) is 25.2 Å². The molecule has 0 saturated carbocycles. The van der Waals surface area contributed by atoms with Gasteiger partial charge in [0.15, 0.2) is 11.6 Å². The van der Waals surface area contributed by atoms with Gasteiger partial charge in [0.05, 0.1) is 12.3 Å². The predicted molar refractivity (Wildman–Crippen MR) is 88.8 cm³/mol. The molecule has 23 heavy (non-hydrogen) atoms. The SMILES string of the molecule is CCN(CC)C(Cn1ccnc1-c1nccn1C)c1ccco1. The Kier molecular flexibility index (Phi) is 4.62. The van der Waals surface area contributed by atoms with E-state index in [4.69, 9.17) is 4.42 Å². The van der Waals surface area contributed by atoms with Crippen LogP contribution in [0.3, 0.4) is 0 Å². The van der Waals surface area contributed by atoms with Crippen molar-refractivity contribution >= 4 is 0 Å². The van der Waals surface area contributed by atoms with Gasteiger partial charge in [0.25, 0.3) is 0 Å². The third-order valence-corrected chi connectivity index (χ3v) is 4.23. The highest BCUT2D eigenvalue weighted by atomic mass is 16.3. The lowest BCUT2D eigenvalue weighted by Gasteiger charge is -2.28. The first-order valence-corrected chi connectivity index (χ1v) is 8.00. The van der Waals surface area contributed by atoms with Crippen LogP contribution in [-0.4, -0.2) is 37.1 Å². The van der Waals surface area contributed by atoms with Gasteiger partial charge in [-0.2, -0.15) is 0 Å². The number of likely N-dealkylation sites (N-methyl/N-ethyl adjacent to an activating group) is 1. The highest BCUT2D eigenvalue weighted by molar-refractivity contribution is 5.44. The molecule has 3 aromatic heterocycles. The Labute approximate surface area is 136 Å². The molecule has 0 radical (unpaired) electrons. The topological polar surface area (TPSA) is 52.0 Å². The average Bonchev–Trinajstić information content (AvgIpc) is 3.28. The zero-order chi connectivity index (χ0) is 16.2. The second kappa shape index (κ2) is 6.83. The van der Waals surface area contributed by atoms with E-state index in [0.717, 1.165) is 37.0 Å². The molecule has 1 atom stereocenters.